The van der Waals surface area contributed by atoms with Crippen LogP contribution in [0.1, 0.15) is 25.8 Å². The average Bonchev–Trinajstić information content (AvgIpc) is 2.52. The molecule has 1 unspecified atom stereocenters. The van der Waals surface area contributed by atoms with Crippen LogP contribution in [0.2, 0.25) is 0 Å². The molecule has 9 heteroatoms. The number of sulfone groups is 1. The van der Waals surface area contributed by atoms with Crippen LogP contribution < -0.4 is 16.0 Å². The Kier molecular flexibility index (Phi) is 11.5. The average molecular weight is 496 g/mol. The molecular formula is C17H29IN4O3S. The van der Waals surface area contributed by atoms with Gasteiger partial charge in [-0.05, 0) is 37.5 Å². The lowest BCUT2D eigenvalue weighted by Gasteiger charge is -2.17. The molecule has 0 saturated heterocycles. The molecule has 3 N–H and O–H groups in total. The van der Waals surface area contributed by atoms with E-state index >= 15 is 0 Å². The summed E-state index contributed by atoms with van der Waals surface area (Å²) < 4.78 is 22.4. The number of rotatable bonds is 8. The van der Waals surface area contributed by atoms with Crippen LogP contribution in [0.3, 0.4) is 0 Å². The van der Waals surface area contributed by atoms with Crippen molar-refractivity contribution in [2.45, 2.75) is 32.7 Å². The first kappa shape index (κ1) is 24.6. The van der Waals surface area contributed by atoms with E-state index in [2.05, 4.69) is 20.9 Å². The molecule has 1 atom stereocenters. The highest BCUT2D eigenvalue weighted by atomic mass is 127. The molecule has 0 saturated carbocycles. The molecule has 0 fully saturated rings. The number of nitrogens with zero attached hydrogens (tertiary/aromatic N) is 1. The number of halogens is 1. The number of amides is 1. The van der Waals surface area contributed by atoms with Gasteiger partial charge < -0.3 is 16.0 Å². The molecule has 0 aromatic heterocycles. The van der Waals surface area contributed by atoms with Gasteiger partial charge in [0.15, 0.2) is 5.96 Å². The maximum Gasteiger partial charge on any atom is 0.221 e. The number of anilines is 1. The Balaban J connectivity index is 0.00000625. The van der Waals surface area contributed by atoms with E-state index in [1.54, 1.807) is 7.05 Å². The summed E-state index contributed by atoms with van der Waals surface area (Å²) in [5.41, 5.74) is 1.92. The summed E-state index contributed by atoms with van der Waals surface area (Å²) in [6, 6.07) is 7.70. The number of nitrogens with one attached hydrogen (secondary N) is 3. The lowest BCUT2D eigenvalue weighted by molar-refractivity contribution is -0.114. The van der Waals surface area contributed by atoms with Gasteiger partial charge in [-0.1, -0.05) is 12.1 Å². The molecule has 26 heavy (non-hydrogen) atoms. The molecule has 0 bridgehead atoms. The van der Waals surface area contributed by atoms with Gasteiger partial charge in [0.2, 0.25) is 5.91 Å². The first-order valence-corrected chi connectivity index (χ1v) is 10.3. The number of carbonyl (C=O) groups is 1. The van der Waals surface area contributed by atoms with Crippen molar-refractivity contribution in [3.05, 3.63) is 29.8 Å². The third kappa shape index (κ3) is 11.3. The van der Waals surface area contributed by atoms with Crippen molar-refractivity contribution in [1.29, 1.82) is 0 Å². The molecule has 1 aromatic rings. The molecule has 148 valence electrons. The van der Waals surface area contributed by atoms with E-state index in [-0.39, 0.29) is 41.7 Å². The molecule has 7 nitrogen and oxygen atoms in total. The van der Waals surface area contributed by atoms with Gasteiger partial charge in [0.05, 0.1) is 5.75 Å². The second-order valence-electron chi connectivity index (χ2n) is 6.09. The van der Waals surface area contributed by atoms with Crippen molar-refractivity contribution >= 4 is 51.4 Å². The first-order valence-electron chi connectivity index (χ1n) is 8.21. The normalized spacial score (nSPS) is 12.7. The second kappa shape index (κ2) is 12.1. The maximum absolute atomic E-state index is 11.2. The van der Waals surface area contributed by atoms with E-state index in [9.17, 15) is 13.2 Å². The Hall–Kier alpha value is -1.36. The van der Waals surface area contributed by atoms with Crippen molar-refractivity contribution in [1.82, 2.24) is 10.6 Å². The second-order valence-corrected chi connectivity index (χ2v) is 8.35. The minimum Gasteiger partial charge on any atom is -0.356 e. The Morgan fingerprint density at radius 2 is 1.85 bits per heavy atom. The molecule has 0 aliphatic carbocycles. The van der Waals surface area contributed by atoms with Gasteiger partial charge in [-0.2, -0.15) is 0 Å². The molecule has 1 amide bonds. The highest BCUT2D eigenvalue weighted by Gasteiger charge is 2.09. The van der Waals surface area contributed by atoms with Crippen molar-refractivity contribution in [2.75, 3.05) is 30.9 Å². The fourth-order valence-corrected chi connectivity index (χ4v) is 2.96. The summed E-state index contributed by atoms with van der Waals surface area (Å²) in [5.74, 6) is 0.712. The van der Waals surface area contributed by atoms with E-state index in [1.165, 1.54) is 13.2 Å². The van der Waals surface area contributed by atoms with Crippen LogP contribution >= 0.6 is 24.0 Å². The van der Waals surface area contributed by atoms with Gasteiger partial charge in [-0.15, -0.1) is 24.0 Å². The quantitative estimate of drug-likeness (QED) is 0.290. The van der Waals surface area contributed by atoms with Crippen LogP contribution in [0.15, 0.2) is 29.3 Å². The summed E-state index contributed by atoms with van der Waals surface area (Å²) >= 11 is 0. The number of carbonyl (C=O) groups excluding carboxylic acids is 1. The number of aliphatic imine (C=N–C) groups is 1. The molecule has 0 spiro atoms. The van der Waals surface area contributed by atoms with Crippen LogP contribution in [-0.4, -0.2) is 51.9 Å². The van der Waals surface area contributed by atoms with Gasteiger partial charge >= 0.3 is 0 Å². The Morgan fingerprint density at radius 1 is 1.23 bits per heavy atom. The monoisotopic (exact) mass is 496 g/mol. The van der Waals surface area contributed by atoms with Crippen LogP contribution in [0.4, 0.5) is 5.69 Å². The van der Waals surface area contributed by atoms with Gasteiger partial charge in [0.25, 0.3) is 0 Å². The van der Waals surface area contributed by atoms with Gasteiger partial charge in [0, 0.05) is 38.5 Å². The number of benzene rings is 1. The molecule has 1 rings (SSSR count). The Bertz CT molecular complexity index is 690. The topological polar surface area (TPSA) is 99.7 Å². The Labute approximate surface area is 173 Å². The van der Waals surface area contributed by atoms with Gasteiger partial charge in [-0.25, -0.2) is 8.42 Å². The van der Waals surface area contributed by atoms with Crippen molar-refractivity contribution in [3.8, 4) is 0 Å². The highest BCUT2D eigenvalue weighted by molar-refractivity contribution is 14.0. The highest BCUT2D eigenvalue weighted by Crippen LogP contribution is 2.09. The fraction of sp³-hybridized carbons (Fsp3) is 0.529. The zero-order valence-electron chi connectivity index (χ0n) is 15.7. The SMILES string of the molecule is CN=C(NCCc1ccc(NC(C)=O)cc1)NC(C)CCS(C)(=O)=O.I. The molecule has 1 aromatic carbocycles. The van der Waals surface area contributed by atoms with Crippen LogP contribution in [0.25, 0.3) is 0 Å². The Morgan fingerprint density at radius 3 is 2.35 bits per heavy atom. The molecule has 0 radical (unpaired) electrons. The van der Waals surface area contributed by atoms with Crippen molar-refractivity contribution in [2.24, 2.45) is 4.99 Å². The van der Waals surface area contributed by atoms with E-state index in [1.807, 2.05) is 31.2 Å². The summed E-state index contributed by atoms with van der Waals surface area (Å²) in [5, 5.41) is 9.13. The largest absolute Gasteiger partial charge is 0.356 e. The van der Waals surface area contributed by atoms with Gasteiger partial charge in [-0.3, -0.25) is 9.79 Å². The summed E-state index contributed by atoms with van der Waals surface area (Å²) in [6.45, 7) is 4.10. The minimum atomic E-state index is -2.95. The van der Waals surface area contributed by atoms with Crippen LogP contribution in [0, 0.1) is 0 Å². The zero-order chi connectivity index (χ0) is 18.9. The zero-order valence-corrected chi connectivity index (χ0v) is 18.9. The molecule has 0 aliphatic heterocycles. The van der Waals surface area contributed by atoms with Crippen LogP contribution in [-0.2, 0) is 21.1 Å². The van der Waals surface area contributed by atoms with Crippen molar-refractivity contribution in [3.63, 3.8) is 0 Å². The predicted octanol–water partition coefficient (Wildman–Crippen LogP) is 1.79. The summed E-state index contributed by atoms with van der Waals surface area (Å²) in [7, 11) is -1.27. The number of hydrogen-bond acceptors (Lipinski definition) is 4. The first-order chi connectivity index (χ1) is 11.7. The van der Waals surface area contributed by atoms with E-state index < -0.39 is 9.84 Å². The predicted molar refractivity (Wildman–Crippen MR) is 118 cm³/mol. The lowest BCUT2D eigenvalue weighted by atomic mass is 10.1. The van der Waals surface area contributed by atoms with E-state index in [4.69, 9.17) is 0 Å². The summed E-state index contributed by atoms with van der Waals surface area (Å²) in [6.07, 6.45) is 2.58. The number of hydrogen-bond donors (Lipinski definition) is 3. The smallest absolute Gasteiger partial charge is 0.221 e. The van der Waals surface area contributed by atoms with E-state index in [0.29, 0.717) is 18.9 Å². The van der Waals surface area contributed by atoms with Gasteiger partial charge in [0.1, 0.15) is 9.84 Å². The fourth-order valence-electron chi connectivity index (χ4n) is 2.17. The molecule has 0 heterocycles. The van der Waals surface area contributed by atoms with E-state index in [0.717, 1.165) is 17.7 Å². The maximum atomic E-state index is 11.2. The minimum absolute atomic E-state index is 0. The lowest BCUT2D eigenvalue weighted by Crippen LogP contribution is -2.43. The molecular weight excluding hydrogens is 467 g/mol. The van der Waals surface area contributed by atoms with Crippen LogP contribution in [0.5, 0.6) is 0 Å². The molecule has 0 aliphatic rings. The third-order valence-electron chi connectivity index (χ3n) is 3.51. The third-order valence-corrected chi connectivity index (χ3v) is 4.49. The van der Waals surface area contributed by atoms with Crippen molar-refractivity contribution < 1.29 is 13.2 Å². The summed E-state index contributed by atoms with van der Waals surface area (Å²) in [4.78, 5) is 15.1. The standard InChI is InChI=1S/C17H28N4O3S.HI/c1-13(10-12-25(4,23)24)20-17(18-3)19-11-9-15-5-7-16(8-6-15)21-14(2)22;/h5-8,13H,9-12H2,1-4H3,(H,21,22)(H2,18,19,20);1H. The number of guanidine groups is 1.